The van der Waals surface area contributed by atoms with E-state index in [2.05, 4.69) is 5.32 Å². The maximum absolute atomic E-state index is 11.7. The number of hydrogen-bond acceptors (Lipinski definition) is 5. The Balaban J connectivity index is 2.55. The minimum Gasteiger partial charge on any atom is -0.461 e. The van der Waals surface area contributed by atoms with Gasteiger partial charge in [-0.1, -0.05) is 6.92 Å². The lowest BCUT2D eigenvalue weighted by Crippen LogP contribution is -2.41. The summed E-state index contributed by atoms with van der Waals surface area (Å²) in [5.74, 6) is -0.467. The SMILES string of the molecule is CCCOC1COC[C@H](NC=O)C(=O)OC(C)C1. The summed E-state index contributed by atoms with van der Waals surface area (Å²) in [6, 6.07) is -0.741. The second-order valence-corrected chi connectivity index (χ2v) is 4.35. The van der Waals surface area contributed by atoms with E-state index in [1.807, 2.05) is 13.8 Å². The summed E-state index contributed by atoms with van der Waals surface area (Å²) >= 11 is 0. The third-order valence-corrected chi connectivity index (χ3v) is 2.61. The molecule has 0 saturated carbocycles. The lowest BCUT2D eigenvalue weighted by molar-refractivity contribution is -0.152. The van der Waals surface area contributed by atoms with Crippen LogP contribution in [-0.2, 0) is 23.8 Å². The van der Waals surface area contributed by atoms with Crippen molar-refractivity contribution in [2.45, 2.75) is 44.9 Å². The number of amides is 1. The lowest BCUT2D eigenvalue weighted by atomic mass is 10.2. The number of esters is 1. The van der Waals surface area contributed by atoms with Gasteiger partial charge in [-0.2, -0.15) is 0 Å². The van der Waals surface area contributed by atoms with Gasteiger partial charge in [0.25, 0.3) is 0 Å². The van der Waals surface area contributed by atoms with Gasteiger partial charge < -0.3 is 19.5 Å². The molecule has 6 nitrogen and oxygen atoms in total. The Morgan fingerprint density at radius 2 is 2.28 bits per heavy atom. The number of ether oxygens (including phenoxy) is 3. The first-order valence-corrected chi connectivity index (χ1v) is 6.26. The van der Waals surface area contributed by atoms with Crippen molar-refractivity contribution in [2.75, 3.05) is 19.8 Å². The van der Waals surface area contributed by atoms with Crippen molar-refractivity contribution in [1.29, 1.82) is 0 Å². The van der Waals surface area contributed by atoms with E-state index >= 15 is 0 Å². The molecule has 3 atom stereocenters. The number of cyclic esters (lactones) is 1. The molecule has 1 rings (SSSR count). The fraction of sp³-hybridized carbons (Fsp3) is 0.833. The molecule has 1 N–H and O–H groups in total. The van der Waals surface area contributed by atoms with E-state index in [1.165, 1.54) is 0 Å². The number of hydrogen-bond donors (Lipinski definition) is 1. The Bertz CT molecular complexity index is 271. The van der Waals surface area contributed by atoms with Crippen LogP contribution in [0.5, 0.6) is 0 Å². The predicted octanol–water partition coefficient (Wildman–Crippen LogP) is 0.248. The summed E-state index contributed by atoms with van der Waals surface area (Å²) in [4.78, 5) is 22.1. The first-order chi connectivity index (χ1) is 8.67. The molecular weight excluding hydrogens is 238 g/mol. The van der Waals surface area contributed by atoms with Crippen LogP contribution in [0.15, 0.2) is 0 Å². The maximum Gasteiger partial charge on any atom is 0.331 e. The second-order valence-electron chi connectivity index (χ2n) is 4.35. The summed E-state index contributed by atoms with van der Waals surface area (Å²) in [7, 11) is 0. The van der Waals surface area contributed by atoms with Crippen molar-refractivity contribution in [3.63, 3.8) is 0 Å². The molecule has 2 unspecified atom stereocenters. The van der Waals surface area contributed by atoms with E-state index in [0.29, 0.717) is 26.0 Å². The largest absolute Gasteiger partial charge is 0.461 e. The summed E-state index contributed by atoms with van der Waals surface area (Å²) in [6.45, 7) is 5.01. The van der Waals surface area contributed by atoms with E-state index in [9.17, 15) is 9.59 Å². The molecule has 1 amide bonds. The minimum absolute atomic E-state index is 0.0808. The third kappa shape index (κ3) is 5.01. The molecule has 1 saturated heterocycles. The average molecular weight is 259 g/mol. The van der Waals surface area contributed by atoms with Crippen molar-refractivity contribution in [1.82, 2.24) is 5.32 Å². The van der Waals surface area contributed by atoms with Gasteiger partial charge in [0, 0.05) is 13.0 Å². The van der Waals surface area contributed by atoms with Crippen LogP contribution in [0.2, 0.25) is 0 Å². The third-order valence-electron chi connectivity index (χ3n) is 2.61. The molecule has 1 aliphatic rings. The Morgan fingerprint density at radius 3 is 2.94 bits per heavy atom. The lowest BCUT2D eigenvalue weighted by Gasteiger charge is -2.19. The summed E-state index contributed by atoms with van der Waals surface area (Å²) in [5, 5.41) is 2.39. The zero-order valence-corrected chi connectivity index (χ0v) is 10.9. The smallest absolute Gasteiger partial charge is 0.331 e. The molecule has 0 bridgehead atoms. The van der Waals surface area contributed by atoms with E-state index in [1.54, 1.807) is 0 Å². The fourth-order valence-corrected chi connectivity index (χ4v) is 1.75. The van der Waals surface area contributed by atoms with Crippen molar-refractivity contribution in [3.8, 4) is 0 Å². The van der Waals surface area contributed by atoms with Gasteiger partial charge in [-0.05, 0) is 13.3 Å². The Kier molecular flexibility index (Phi) is 6.67. The maximum atomic E-state index is 11.7. The Hall–Kier alpha value is -1.14. The Labute approximate surface area is 107 Å². The molecule has 0 aliphatic carbocycles. The molecule has 0 spiro atoms. The van der Waals surface area contributed by atoms with Gasteiger partial charge in [0.15, 0.2) is 6.04 Å². The molecule has 0 aromatic heterocycles. The number of rotatable bonds is 5. The zero-order valence-electron chi connectivity index (χ0n) is 10.9. The molecule has 18 heavy (non-hydrogen) atoms. The van der Waals surface area contributed by atoms with E-state index in [0.717, 1.165) is 6.42 Å². The normalized spacial score (nSPS) is 29.7. The number of carbonyl (C=O) groups excluding carboxylic acids is 2. The van der Waals surface area contributed by atoms with Crippen LogP contribution in [-0.4, -0.2) is 50.4 Å². The van der Waals surface area contributed by atoms with Crippen LogP contribution in [0.25, 0.3) is 0 Å². The summed E-state index contributed by atoms with van der Waals surface area (Å²) in [6.07, 6.45) is 1.67. The first kappa shape index (κ1) is 14.9. The Morgan fingerprint density at radius 1 is 1.50 bits per heavy atom. The van der Waals surface area contributed by atoms with Crippen molar-refractivity contribution in [2.24, 2.45) is 0 Å². The van der Waals surface area contributed by atoms with Gasteiger partial charge in [-0.15, -0.1) is 0 Å². The quantitative estimate of drug-likeness (QED) is 0.566. The van der Waals surface area contributed by atoms with Crippen LogP contribution in [0, 0.1) is 0 Å². The number of nitrogens with one attached hydrogen (secondary N) is 1. The molecule has 0 radical (unpaired) electrons. The standard InChI is InChI=1S/C12H21NO5/c1-3-4-17-10-5-9(2)18-12(15)11(13-8-14)7-16-6-10/h8-11H,3-7H2,1-2H3,(H,13,14)/t9?,10?,11-/m0/s1. The van der Waals surface area contributed by atoms with Gasteiger partial charge in [0.05, 0.1) is 19.3 Å². The van der Waals surface area contributed by atoms with Gasteiger partial charge in [-0.3, -0.25) is 4.79 Å². The highest BCUT2D eigenvalue weighted by Gasteiger charge is 2.26. The summed E-state index contributed by atoms with van der Waals surface area (Å²) < 4.78 is 16.2. The van der Waals surface area contributed by atoms with E-state index in [-0.39, 0.29) is 18.8 Å². The fourth-order valence-electron chi connectivity index (χ4n) is 1.75. The molecule has 1 fully saturated rings. The minimum atomic E-state index is -0.741. The van der Waals surface area contributed by atoms with Crippen molar-refractivity contribution in [3.05, 3.63) is 0 Å². The predicted molar refractivity (Wildman–Crippen MR) is 64.0 cm³/mol. The van der Waals surface area contributed by atoms with Crippen LogP contribution in [0.4, 0.5) is 0 Å². The highest BCUT2D eigenvalue weighted by molar-refractivity contribution is 5.78. The topological polar surface area (TPSA) is 73.9 Å². The van der Waals surface area contributed by atoms with Crippen LogP contribution in [0.3, 0.4) is 0 Å². The molecule has 104 valence electrons. The van der Waals surface area contributed by atoms with E-state index in [4.69, 9.17) is 14.2 Å². The number of carbonyl (C=O) groups is 2. The second kappa shape index (κ2) is 8.05. The molecule has 0 aromatic carbocycles. The van der Waals surface area contributed by atoms with Crippen molar-refractivity contribution >= 4 is 12.4 Å². The summed E-state index contributed by atoms with van der Waals surface area (Å²) in [5.41, 5.74) is 0. The van der Waals surface area contributed by atoms with Gasteiger partial charge in [-0.25, -0.2) is 4.79 Å². The molecular formula is C12H21NO5. The monoisotopic (exact) mass is 259 g/mol. The van der Waals surface area contributed by atoms with Gasteiger partial charge in [0.1, 0.15) is 6.10 Å². The van der Waals surface area contributed by atoms with Gasteiger partial charge in [0.2, 0.25) is 6.41 Å². The molecule has 1 heterocycles. The zero-order chi connectivity index (χ0) is 13.4. The average Bonchev–Trinajstić information content (AvgIpc) is 2.39. The highest BCUT2D eigenvalue weighted by atomic mass is 16.6. The first-order valence-electron chi connectivity index (χ1n) is 6.26. The molecule has 6 heteroatoms. The van der Waals surface area contributed by atoms with Crippen molar-refractivity contribution < 1.29 is 23.8 Å². The van der Waals surface area contributed by atoms with E-state index < -0.39 is 12.0 Å². The van der Waals surface area contributed by atoms with Crippen LogP contribution in [0.1, 0.15) is 26.7 Å². The molecule has 0 aromatic rings. The van der Waals surface area contributed by atoms with Gasteiger partial charge >= 0.3 is 5.97 Å². The highest BCUT2D eigenvalue weighted by Crippen LogP contribution is 2.11. The molecule has 1 aliphatic heterocycles. The van der Waals surface area contributed by atoms with Crippen LogP contribution >= 0.6 is 0 Å². The van der Waals surface area contributed by atoms with Crippen LogP contribution < -0.4 is 5.32 Å².